The van der Waals surface area contributed by atoms with Crippen molar-refractivity contribution in [3.8, 4) is 5.75 Å². The molecule has 1 aliphatic heterocycles. The van der Waals surface area contributed by atoms with Crippen LogP contribution in [0.4, 0.5) is 0 Å². The molecule has 4 rings (SSSR count). The van der Waals surface area contributed by atoms with Crippen LogP contribution in [0.25, 0.3) is 0 Å². The van der Waals surface area contributed by atoms with E-state index in [0.29, 0.717) is 53.7 Å². The van der Waals surface area contributed by atoms with E-state index in [9.17, 15) is 9.59 Å². The van der Waals surface area contributed by atoms with Gasteiger partial charge in [-0.2, -0.15) is 0 Å². The summed E-state index contributed by atoms with van der Waals surface area (Å²) in [5, 5.41) is 4.03. The van der Waals surface area contributed by atoms with Crippen LogP contribution in [0, 0.1) is 0 Å². The number of allylic oxidation sites excluding steroid dienone is 3. The van der Waals surface area contributed by atoms with Gasteiger partial charge in [0.05, 0.1) is 24.7 Å². The van der Waals surface area contributed by atoms with Crippen LogP contribution in [-0.2, 0) is 19.1 Å². The third-order valence-electron chi connectivity index (χ3n) is 6.44. The van der Waals surface area contributed by atoms with E-state index in [1.807, 2.05) is 62.4 Å². The number of hydrogen-bond donors (Lipinski definition) is 1. The minimum Gasteiger partial charge on any atom is -0.494 e. The second-order valence-corrected chi connectivity index (χ2v) is 9.10. The maximum atomic E-state index is 13.7. The van der Waals surface area contributed by atoms with Crippen molar-refractivity contribution >= 4 is 23.4 Å². The molecule has 0 bridgehead atoms. The number of dihydropyridines is 1. The Labute approximate surface area is 210 Å². The van der Waals surface area contributed by atoms with E-state index in [1.54, 1.807) is 7.11 Å². The van der Waals surface area contributed by atoms with Crippen molar-refractivity contribution in [3.05, 3.63) is 87.2 Å². The smallest absolute Gasteiger partial charge is 0.336 e. The molecule has 6 nitrogen and oxygen atoms in total. The highest BCUT2D eigenvalue weighted by molar-refractivity contribution is 6.30. The molecular weight excluding hydrogens is 466 g/mol. The molecule has 1 heterocycles. The second kappa shape index (κ2) is 11.1. The fraction of sp³-hybridized carbons (Fsp3) is 0.357. The number of nitrogens with one attached hydrogen (secondary N) is 1. The highest BCUT2D eigenvalue weighted by Crippen LogP contribution is 2.47. The van der Waals surface area contributed by atoms with Crippen LogP contribution in [0.5, 0.6) is 5.75 Å². The molecule has 7 heteroatoms. The molecule has 1 N–H and O–H groups in total. The van der Waals surface area contributed by atoms with E-state index < -0.39 is 11.9 Å². The number of hydrogen-bond acceptors (Lipinski definition) is 6. The second-order valence-electron chi connectivity index (χ2n) is 8.67. The van der Waals surface area contributed by atoms with Gasteiger partial charge < -0.3 is 19.5 Å². The molecule has 35 heavy (non-hydrogen) atoms. The predicted octanol–water partition coefficient (Wildman–Crippen LogP) is 5.29. The fourth-order valence-electron chi connectivity index (χ4n) is 4.89. The van der Waals surface area contributed by atoms with Crippen molar-refractivity contribution in [2.24, 2.45) is 0 Å². The lowest BCUT2D eigenvalue weighted by Gasteiger charge is -2.37. The zero-order valence-corrected chi connectivity index (χ0v) is 21.0. The lowest BCUT2D eigenvalue weighted by Crippen LogP contribution is -2.36. The number of carbonyl (C=O) groups is 2. The molecule has 0 unspecified atom stereocenters. The Bertz CT molecular complexity index is 1170. The minimum absolute atomic E-state index is 0.00435. The highest BCUT2D eigenvalue weighted by Gasteiger charge is 2.42. The van der Waals surface area contributed by atoms with Crippen LogP contribution in [-0.4, -0.2) is 38.7 Å². The van der Waals surface area contributed by atoms with Crippen molar-refractivity contribution in [1.29, 1.82) is 0 Å². The van der Waals surface area contributed by atoms with E-state index in [0.717, 1.165) is 16.8 Å². The molecule has 0 amide bonds. The van der Waals surface area contributed by atoms with Crippen LogP contribution in [0.15, 0.2) is 71.1 Å². The van der Waals surface area contributed by atoms with Crippen molar-refractivity contribution < 1.29 is 23.8 Å². The number of ketones is 1. The first-order valence-corrected chi connectivity index (χ1v) is 12.2. The lowest BCUT2D eigenvalue weighted by atomic mass is 9.71. The number of rotatable bonds is 8. The first-order chi connectivity index (χ1) is 16.9. The molecule has 0 saturated carbocycles. The maximum absolute atomic E-state index is 13.7. The monoisotopic (exact) mass is 495 g/mol. The number of carbonyl (C=O) groups excluding carboxylic acids is 2. The summed E-state index contributed by atoms with van der Waals surface area (Å²) in [6, 6.07) is 15.2. The van der Waals surface area contributed by atoms with Crippen LogP contribution >= 0.6 is 11.6 Å². The number of halogens is 1. The van der Waals surface area contributed by atoms with E-state index >= 15 is 0 Å². The van der Waals surface area contributed by atoms with Crippen molar-refractivity contribution in [1.82, 2.24) is 5.32 Å². The number of methoxy groups -OCH3 is 1. The number of esters is 1. The maximum Gasteiger partial charge on any atom is 0.336 e. The summed E-state index contributed by atoms with van der Waals surface area (Å²) in [6.07, 6.45) is 1.000. The summed E-state index contributed by atoms with van der Waals surface area (Å²) in [4.78, 5) is 27.0. The van der Waals surface area contributed by atoms with Gasteiger partial charge in [-0.25, -0.2) is 4.79 Å². The molecule has 2 aromatic carbocycles. The molecule has 2 atom stereocenters. The number of Topliss-reactive ketones (excluding diaryl/α,β-unsaturated/α-hetero) is 1. The first kappa shape index (κ1) is 25.0. The Morgan fingerprint density at radius 3 is 2.54 bits per heavy atom. The van der Waals surface area contributed by atoms with Crippen LogP contribution in [0.1, 0.15) is 49.7 Å². The summed E-state index contributed by atoms with van der Waals surface area (Å²) in [5.74, 6) is -0.372. The molecule has 0 saturated heterocycles. The summed E-state index contributed by atoms with van der Waals surface area (Å²) < 4.78 is 16.5. The Kier molecular flexibility index (Phi) is 7.93. The van der Waals surface area contributed by atoms with Gasteiger partial charge in [0.15, 0.2) is 5.78 Å². The molecule has 0 spiro atoms. The van der Waals surface area contributed by atoms with Gasteiger partial charge in [0.25, 0.3) is 0 Å². The molecule has 0 radical (unpaired) electrons. The van der Waals surface area contributed by atoms with Crippen molar-refractivity contribution in [2.75, 3.05) is 26.9 Å². The average molecular weight is 496 g/mol. The number of para-hydroxylation sites is 1. The highest BCUT2D eigenvalue weighted by atomic mass is 35.5. The van der Waals surface area contributed by atoms with E-state index in [4.69, 9.17) is 25.8 Å². The third kappa shape index (κ3) is 5.29. The largest absolute Gasteiger partial charge is 0.494 e. The van der Waals surface area contributed by atoms with Gasteiger partial charge in [0, 0.05) is 41.1 Å². The Balaban J connectivity index is 1.78. The topological polar surface area (TPSA) is 73.9 Å². The fourth-order valence-corrected chi connectivity index (χ4v) is 5.02. The van der Waals surface area contributed by atoms with Gasteiger partial charge in [0.2, 0.25) is 0 Å². The molecule has 0 fully saturated rings. The zero-order chi connectivity index (χ0) is 24.9. The summed E-state index contributed by atoms with van der Waals surface area (Å²) in [6.45, 7) is 4.65. The van der Waals surface area contributed by atoms with Gasteiger partial charge in [-0.15, -0.1) is 0 Å². The summed E-state index contributed by atoms with van der Waals surface area (Å²) in [7, 11) is 1.55. The Morgan fingerprint density at radius 2 is 1.83 bits per heavy atom. The van der Waals surface area contributed by atoms with Gasteiger partial charge in [-0.1, -0.05) is 41.9 Å². The molecular formula is C28H30ClNO5. The summed E-state index contributed by atoms with van der Waals surface area (Å²) >= 11 is 6.07. The molecule has 2 aliphatic rings. The Hall–Kier alpha value is -3.09. The number of ether oxygens (including phenoxy) is 3. The Morgan fingerprint density at radius 1 is 1.09 bits per heavy atom. The third-order valence-corrected chi connectivity index (χ3v) is 6.69. The van der Waals surface area contributed by atoms with E-state index in [-0.39, 0.29) is 18.3 Å². The SMILES string of the molecule is CCOc1ccccc1[C@@H]1C(C(=O)OCCOC)=C(C)NC2=C1C(=O)C[C@@H](c1ccc(Cl)cc1)C2. The van der Waals surface area contributed by atoms with Gasteiger partial charge in [-0.3, -0.25) is 4.79 Å². The van der Waals surface area contributed by atoms with E-state index in [1.165, 1.54) is 0 Å². The van der Waals surface area contributed by atoms with Gasteiger partial charge in [0.1, 0.15) is 12.4 Å². The summed E-state index contributed by atoms with van der Waals surface area (Å²) in [5.41, 5.74) is 4.38. The first-order valence-electron chi connectivity index (χ1n) is 11.8. The van der Waals surface area contributed by atoms with Crippen LogP contribution in [0.3, 0.4) is 0 Å². The quantitative estimate of drug-likeness (QED) is 0.396. The normalized spacial score (nSPS) is 19.8. The molecule has 1 aliphatic carbocycles. The standard InChI is InChI=1S/C28H30ClNO5/c1-4-34-24-8-6-5-7-21(24)26-25(28(32)35-14-13-33-3)17(2)30-22-15-19(16-23(31)27(22)26)18-9-11-20(29)12-10-18/h5-12,19,26,30H,4,13-16H2,1-3H3/t19-,26+/m0/s1. The molecule has 0 aromatic heterocycles. The zero-order valence-electron chi connectivity index (χ0n) is 20.2. The lowest BCUT2D eigenvalue weighted by molar-refractivity contribution is -0.140. The van der Waals surface area contributed by atoms with Crippen LogP contribution in [0.2, 0.25) is 5.02 Å². The minimum atomic E-state index is -0.581. The molecule has 184 valence electrons. The van der Waals surface area contributed by atoms with Gasteiger partial charge in [-0.05, 0) is 49.9 Å². The van der Waals surface area contributed by atoms with Crippen LogP contribution < -0.4 is 10.1 Å². The van der Waals surface area contributed by atoms with Crippen molar-refractivity contribution in [3.63, 3.8) is 0 Å². The predicted molar refractivity (Wildman–Crippen MR) is 134 cm³/mol. The van der Waals surface area contributed by atoms with Gasteiger partial charge >= 0.3 is 5.97 Å². The molecule has 2 aromatic rings. The average Bonchev–Trinajstić information content (AvgIpc) is 2.84. The van der Waals surface area contributed by atoms with E-state index in [2.05, 4.69) is 5.32 Å². The van der Waals surface area contributed by atoms with Crippen molar-refractivity contribution in [2.45, 2.75) is 38.5 Å². The number of benzene rings is 2.